The number of aliphatic hydroxyl groups is 2. The van der Waals surface area contributed by atoms with E-state index in [9.17, 15) is 14.6 Å². The lowest BCUT2D eigenvalue weighted by Crippen LogP contribution is -2.25. The van der Waals surface area contributed by atoms with Crippen LogP contribution in [0.15, 0.2) is 28.9 Å². The van der Waals surface area contributed by atoms with Crippen molar-refractivity contribution in [3.63, 3.8) is 0 Å². The van der Waals surface area contributed by atoms with Crippen LogP contribution in [0, 0.1) is 5.82 Å². The first-order valence-corrected chi connectivity index (χ1v) is 8.25. The van der Waals surface area contributed by atoms with Gasteiger partial charge in [0.25, 0.3) is 0 Å². The maximum Gasteiger partial charge on any atom is 0.217 e. The quantitative estimate of drug-likeness (QED) is 0.191. The number of aromatic amines is 1. The first-order chi connectivity index (χ1) is 12.5. The van der Waals surface area contributed by atoms with Gasteiger partial charge in [0.2, 0.25) is 5.88 Å². The van der Waals surface area contributed by atoms with Crippen molar-refractivity contribution in [3.8, 4) is 5.88 Å². The Kier molecular flexibility index (Phi) is 5.64. The molecule has 138 valence electrons. The van der Waals surface area contributed by atoms with Crippen LogP contribution in [0.4, 0.5) is 15.9 Å². The van der Waals surface area contributed by atoms with Crippen molar-refractivity contribution >= 4 is 38.5 Å². The van der Waals surface area contributed by atoms with Crippen molar-refractivity contribution in [1.29, 1.82) is 0 Å². The molecule has 2 heterocycles. The second kappa shape index (κ2) is 7.93. The van der Waals surface area contributed by atoms with Crippen LogP contribution in [-0.2, 0) is 4.84 Å². The summed E-state index contributed by atoms with van der Waals surface area (Å²) in [4.78, 5) is 15.9. The Balaban J connectivity index is 1.99. The van der Waals surface area contributed by atoms with E-state index in [1.54, 1.807) is 6.07 Å². The fourth-order valence-corrected chi connectivity index (χ4v) is 2.52. The minimum atomic E-state index is -1.42. The molecule has 0 saturated heterocycles. The zero-order chi connectivity index (χ0) is 18.7. The van der Waals surface area contributed by atoms with Crippen LogP contribution in [0.3, 0.4) is 0 Å². The monoisotopic (exact) mass is 427 g/mol. The highest BCUT2D eigenvalue weighted by Crippen LogP contribution is 2.29. The average molecular weight is 428 g/mol. The van der Waals surface area contributed by atoms with Crippen LogP contribution in [0.1, 0.15) is 11.9 Å². The van der Waals surface area contributed by atoms with Gasteiger partial charge in [0, 0.05) is 10.7 Å². The fourth-order valence-electron chi connectivity index (χ4n) is 2.18. The highest BCUT2D eigenvalue weighted by atomic mass is 79.9. The minimum Gasteiger partial charge on any atom is -0.493 e. The third kappa shape index (κ3) is 3.92. The molecule has 9 nitrogen and oxygen atoms in total. The van der Waals surface area contributed by atoms with E-state index in [0.717, 1.165) is 0 Å². The minimum absolute atomic E-state index is 0.0109. The Morgan fingerprint density at radius 2 is 2.15 bits per heavy atom. The summed E-state index contributed by atoms with van der Waals surface area (Å²) in [6, 6.07) is 4.37. The van der Waals surface area contributed by atoms with Crippen LogP contribution in [0.2, 0.25) is 0 Å². The van der Waals surface area contributed by atoms with E-state index in [1.807, 2.05) is 0 Å². The topological polar surface area (TPSA) is 136 Å². The fraction of sp³-hybridized carbons (Fsp3) is 0.200. The molecule has 0 bridgehead atoms. The number of aromatic hydroxyl groups is 1. The van der Waals surface area contributed by atoms with Gasteiger partial charge in [-0.3, -0.25) is 4.84 Å². The number of H-pyrrole nitrogens is 1. The number of hydrogen-bond acceptors (Lipinski definition) is 8. The Bertz CT molecular complexity index is 922. The molecule has 26 heavy (non-hydrogen) atoms. The molecule has 0 aliphatic carbocycles. The predicted octanol–water partition coefficient (Wildman–Crippen LogP) is 1.81. The number of hydrogen-bond donors (Lipinski definition) is 6. The first-order valence-electron chi connectivity index (χ1n) is 7.46. The number of aromatic nitrogens is 3. The molecule has 1 aromatic carbocycles. The lowest BCUT2D eigenvalue weighted by Gasteiger charge is -2.16. The van der Waals surface area contributed by atoms with Gasteiger partial charge in [0.15, 0.2) is 17.6 Å². The van der Waals surface area contributed by atoms with E-state index in [2.05, 4.69) is 41.7 Å². The molecule has 2 aromatic heterocycles. The Hall–Kier alpha value is -2.31. The van der Waals surface area contributed by atoms with Gasteiger partial charge in [-0.25, -0.2) is 14.4 Å². The molecule has 3 aromatic rings. The molecule has 0 radical (unpaired) electrons. The van der Waals surface area contributed by atoms with Gasteiger partial charge >= 0.3 is 0 Å². The SMILES string of the molecule is OCCONC(O)c1nc2c[nH]c(O)c2nc1Nc1ccc(Br)cc1F. The number of nitrogens with zero attached hydrogens (tertiary/aromatic N) is 2. The zero-order valence-electron chi connectivity index (χ0n) is 13.2. The predicted molar refractivity (Wildman–Crippen MR) is 94.1 cm³/mol. The maximum absolute atomic E-state index is 14.1. The van der Waals surface area contributed by atoms with E-state index < -0.39 is 12.0 Å². The highest BCUT2D eigenvalue weighted by Gasteiger charge is 2.20. The largest absolute Gasteiger partial charge is 0.493 e. The third-order valence-corrected chi connectivity index (χ3v) is 3.84. The smallest absolute Gasteiger partial charge is 0.217 e. The normalized spacial score (nSPS) is 12.5. The number of rotatable bonds is 7. The molecular weight excluding hydrogens is 413 g/mol. The molecule has 6 N–H and O–H groups in total. The summed E-state index contributed by atoms with van der Waals surface area (Å²) in [5, 5.41) is 31.5. The van der Waals surface area contributed by atoms with E-state index in [1.165, 1.54) is 18.3 Å². The summed E-state index contributed by atoms with van der Waals surface area (Å²) in [6.07, 6.45) is -0.0107. The number of aliphatic hydroxyl groups excluding tert-OH is 2. The number of hydroxylamine groups is 1. The zero-order valence-corrected chi connectivity index (χ0v) is 14.8. The number of halogens is 2. The van der Waals surface area contributed by atoms with Gasteiger partial charge in [0.1, 0.15) is 17.0 Å². The van der Waals surface area contributed by atoms with Crippen LogP contribution in [-0.4, -0.2) is 43.5 Å². The van der Waals surface area contributed by atoms with E-state index in [-0.39, 0.29) is 41.8 Å². The molecule has 0 fully saturated rings. The van der Waals surface area contributed by atoms with Gasteiger partial charge in [-0.15, -0.1) is 0 Å². The van der Waals surface area contributed by atoms with Crippen molar-refractivity contribution in [2.24, 2.45) is 0 Å². The van der Waals surface area contributed by atoms with E-state index in [4.69, 9.17) is 9.94 Å². The van der Waals surface area contributed by atoms with Crippen molar-refractivity contribution in [2.45, 2.75) is 6.23 Å². The van der Waals surface area contributed by atoms with E-state index in [0.29, 0.717) is 9.99 Å². The summed E-state index contributed by atoms with van der Waals surface area (Å²) < 4.78 is 14.7. The molecule has 0 amide bonds. The molecule has 0 spiro atoms. The van der Waals surface area contributed by atoms with Gasteiger partial charge in [-0.2, -0.15) is 5.48 Å². The Morgan fingerprint density at radius 3 is 2.88 bits per heavy atom. The average Bonchev–Trinajstić information content (AvgIpc) is 2.97. The third-order valence-electron chi connectivity index (χ3n) is 3.35. The molecule has 11 heteroatoms. The molecule has 0 saturated carbocycles. The van der Waals surface area contributed by atoms with Crippen LogP contribution < -0.4 is 10.8 Å². The molecule has 0 aliphatic rings. The van der Waals surface area contributed by atoms with Crippen molar-refractivity contribution in [3.05, 3.63) is 40.4 Å². The van der Waals surface area contributed by atoms with Crippen molar-refractivity contribution < 1.29 is 24.5 Å². The number of benzene rings is 1. The highest BCUT2D eigenvalue weighted by molar-refractivity contribution is 9.10. The molecule has 1 unspecified atom stereocenters. The van der Waals surface area contributed by atoms with Gasteiger partial charge in [-0.1, -0.05) is 15.9 Å². The molecule has 3 rings (SSSR count). The first kappa shape index (κ1) is 18.5. The molecule has 0 aliphatic heterocycles. The second-order valence-corrected chi connectivity index (χ2v) is 6.09. The second-order valence-electron chi connectivity index (χ2n) is 5.17. The number of anilines is 2. The van der Waals surface area contributed by atoms with Crippen LogP contribution in [0.5, 0.6) is 5.88 Å². The van der Waals surface area contributed by atoms with E-state index >= 15 is 0 Å². The van der Waals surface area contributed by atoms with Crippen LogP contribution >= 0.6 is 15.9 Å². The Morgan fingerprint density at radius 1 is 1.35 bits per heavy atom. The molecule has 1 atom stereocenters. The number of fused-ring (bicyclic) bond motifs is 1. The molecular formula is C15H15BrFN5O4. The summed E-state index contributed by atoms with van der Waals surface area (Å²) in [5.41, 5.74) is 2.85. The lowest BCUT2D eigenvalue weighted by atomic mass is 10.2. The summed E-state index contributed by atoms with van der Waals surface area (Å²) >= 11 is 3.17. The summed E-state index contributed by atoms with van der Waals surface area (Å²) in [5.74, 6) is -0.747. The van der Waals surface area contributed by atoms with Crippen LogP contribution in [0.25, 0.3) is 11.0 Å². The maximum atomic E-state index is 14.1. The van der Waals surface area contributed by atoms with Gasteiger partial charge in [0.05, 0.1) is 18.9 Å². The standard InChI is InChI=1S/C15H15BrFN5O4/c16-7-1-2-9(8(17)5-7)20-13-12(15(25)22-26-4-3-23)19-10-6-18-14(24)11(10)21-13/h1-2,5-6,15,18,22-25H,3-4H2,(H,20,21). The summed E-state index contributed by atoms with van der Waals surface area (Å²) in [6.45, 7) is -0.299. The Labute approximate surface area is 154 Å². The van der Waals surface area contributed by atoms with Gasteiger partial charge in [-0.05, 0) is 18.2 Å². The van der Waals surface area contributed by atoms with Gasteiger partial charge < -0.3 is 25.6 Å². The van der Waals surface area contributed by atoms with Crippen molar-refractivity contribution in [2.75, 3.05) is 18.5 Å². The summed E-state index contributed by atoms with van der Waals surface area (Å²) in [7, 11) is 0. The lowest BCUT2D eigenvalue weighted by molar-refractivity contribution is -0.0689. The number of nitrogens with one attached hydrogen (secondary N) is 3. The van der Waals surface area contributed by atoms with Crippen molar-refractivity contribution in [1.82, 2.24) is 20.4 Å².